The molecule has 0 amide bonds. The minimum atomic E-state index is 0.543. The third-order valence-electron chi connectivity index (χ3n) is 3.78. The van der Waals surface area contributed by atoms with Crippen molar-refractivity contribution in [3.05, 3.63) is 29.6 Å². The standard InChI is InChI=1S/C14H20N4/c1-10-17-13-8-11(3-4-14(13)18(10)2)7-12-9-15-5-6-16-12/h3-4,8,12,15-16H,5-7,9H2,1-2H3. The highest BCUT2D eigenvalue weighted by Crippen LogP contribution is 2.17. The van der Waals surface area contributed by atoms with E-state index in [4.69, 9.17) is 0 Å². The number of hydrogen-bond donors (Lipinski definition) is 2. The van der Waals surface area contributed by atoms with Crippen LogP contribution in [0.1, 0.15) is 11.4 Å². The van der Waals surface area contributed by atoms with Gasteiger partial charge in [-0.2, -0.15) is 0 Å². The van der Waals surface area contributed by atoms with Gasteiger partial charge in [0.1, 0.15) is 5.82 Å². The van der Waals surface area contributed by atoms with E-state index in [1.807, 2.05) is 6.92 Å². The maximum absolute atomic E-state index is 4.59. The van der Waals surface area contributed by atoms with Gasteiger partial charge < -0.3 is 15.2 Å². The number of hydrogen-bond acceptors (Lipinski definition) is 3. The maximum atomic E-state index is 4.59. The van der Waals surface area contributed by atoms with Gasteiger partial charge in [0, 0.05) is 32.7 Å². The topological polar surface area (TPSA) is 41.9 Å². The van der Waals surface area contributed by atoms with Crippen LogP contribution in [-0.4, -0.2) is 35.2 Å². The van der Waals surface area contributed by atoms with Gasteiger partial charge >= 0.3 is 0 Å². The van der Waals surface area contributed by atoms with Crippen LogP contribution in [0, 0.1) is 6.92 Å². The van der Waals surface area contributed by atoms with Crippen LogP contribution in [-0.2, 0) is 13.5 Å². The second-order valence-electron chi connectivity index (χ2n) is 5.10. The zero-order valence-corrected chi connectivity index (χ0v) is 11.0. The molecule has 4 heteroatoms. The van der Waals surface area contributed by atoms with Gasteiger partial charge in [0.2, 0.25) is 0 Å². The van der Waals surface area contributed by atoms with E-state index in [9.17, 15) is 0 Å². The number of aromatic nitrogens is 2. The summed E-state index contributed by atoms with van der Waals surface area (Å²) >= 11 is 0. The van der Waals surface area contributed by atoms with Crippen LogP contribution in [0.4, 0.5) is 0 Å². The molecule has 1 saturated heterocycles. The van der Waals surface area contributed by atoms with Crippen LogP contribution in [0.2, 0.25) is 0 Å². The summed E-state index contributed by atoms with van der Waals surface area (Å²) in [5, 5.41) is 6.97. The van der Waals surface area contributed by atoms with E-state index >= 15 is 0 Å². The van der Waals surface area contributed by atoms with E-state index in [-0.39, 0.29) is 0 Å². The Morgan fingerprint density at radius 1 is 1.39 bits per heavy atom. The summed E-state index contributed by atoms with van der Waals surface area (Å²) in [4.78, 5) is 4.59. The molecule has 2 heterocycles. The Bertz CT molecular complexity index is 552. The van der Waals surface area contributed by atoms with Crippen LogP contribution < -0.4 is 10.6 Å². The minimum absolute atomic E-state index is 0.543. The maximum Gasteiger partial charge on any atom is 0.106 e. The molecule has 0 bridgehead atoms. The van der Waals surface area contributed by atoms with E-state index in [1.54, 1.807) is 0 Å². The Hall–Kier alpha value is -1.39. The highest BCUT2D eigenvalue weighted by molar-refractivity contribution is 5.76. The molecular formula is C14H20N4. The third-order valence-corrected chi connectivity index (χ3v) is 3.78. The summed E-state index contributed by atoms with van der Waals surface area (Å²) in [6.45, 7) is 5.25. The fraction of sp³-hybridized carbons (Fsp3) is 0.500. The van der Waals surface area contributed by atoms with Crippen molar-refractivity contribution in [3.8, 4) is 0 Å². The minimum Gasteiger partial charge on any atom is -0.331 e. The normalized spacial score (nSPS) is 20.4. The number of fused-ring (bicyclic) bond motifs is 1. The van der Waals surface area contributed by atoms with Gasteiger partial charge in [0.25, 0.3) is 0 Å². The van der Waals surface area contributed by atoms with E-state index in [0.717, 1.165) is 37.4 Å². The molecule has 0 spiro atoms. The molecule has 2 aromatic rings. The lowest BCUT2D eigenvalue weighted by Gasteiger charge is -2.24. The third kappa shape index (κ3) is 2.13. The van der Waals surface area contributed by atoms with Crippen molar-refractivity contribution in [2.75, 3.05) is 19.6 Å². The highest BCUT2D eigenvalue weighted by atomic mass is 15.1. The lowest BCUT2D eigenvalue weighted by atomic mass is 10.0. The molecule has 1 fully saturated rings. The van der Waals surface area contributed by atoms with Crippen molar-refractivity contribution in [3.63, 3.8) is 0 Å². The molecule has 1 atom stereocenters. The van der Waals surface area contributed by atoms with Crippen LogP contribution in [0.15, 0.2) is 18.2 Å². The zero-order chi connectivity index (χ0) is 12.5. The van der Waals surface area contributed by atoms with Gasteiger partial charge in [-0.1, -0.05) is 6.07 Å². The van der Waals surface area contributed by atoms with Gasteiger partial charge in [-0.3, -0.25) is 0 Å². The van der Waals surface area contributed by atoms with E-state index in [0.29, 0.717) is 6.04 Å². The average molecular weight is 244 g/mol. The molecular weight excluding hydrogens is 224 g/mol. The van der Waals surface area contributed by atoms with E-state index < -0.39 is 0 Å². The summed E-state index contributed by atoms with van der Waals surface area (Å²) in [5.41, 5.74) is 3.68. The van der Waals surface area contributed by atoms with Crippen molar-refractivity contribution < 1.29 is 0 Å². The van der Waals surface area contributed by atoms with Crippen LogP contribution in [0.25, 0.3) is 11.0 Å². The highest BCUT2D eigenvalue weighted by Gasteiger charge is 2.13. The van der Waals surface area contributed by atoms with Crippen molar-refractivity contribution in [2.45, 2.75) is 19.4 Å². The molecule has 1 unspecified atom stereocenters. The van der Waals surface area contributed by atoms with Crippen LogP contribution in [0.3, 0.4) is 0 Å². The van der Waals surface area contributed by atoms with Gasteiger partial charge in [-0.15, -0.1) is 0 Å². The second kappa shape index (κ2) is 4.71. The van der Waals surface area contributed by atoms with E-state index in [1.165, 1.54) is 11.1 Å². The van der Waals surface area contributed by atoms with Crippen molar-refractivity contribution >= 4 is 11.0 Å². The Kier molecular flexibility index (Phi) is 3.06. The Labute approximate surface area is 107 Å². The summed E-state index contributed by atoms with van der Waals surface area (Å²) < 4.78 is 2.14. The van der Waals surface area contributed by atoms with E-state index in [2.05, 4.69) is 45.4 Å². The largest absolute Gasteiger partial charge is 0.331 e. The number of benzene rings is 1. The number of aryl methyl sites for hydroxylation is 2. The summed E-state index contributed by atoms with van der Waals surface area (Å²) in [6.07, 6.45) is 1.07. The molecule has 2 N–H and O–H groups in total. The molecule has 18 heavy (non-hydrogen) atoms. The second-order valence-corrected chi connectivity index (χ2v) is 5.10. The number of rotatable bonds is 2. The smallest absolute Gasteiger partial charge is 0.106 e. The molecule has 3 rings (SSSR count). The van der Waals surface area contributed by atoms with Gasteiger partial charge in [0.05, 0.1) is 11.0 Å². The predicted molar refractivity (Wildman–Crippen MR) is 73.8 cm³/mol. The van der Waals surface area contributed by atoms with Crippen LogP contribution >= 0.6 is 0 Å². The molecule has 1 aliphatic heterocycles. The van der Waals surface area contributed by atoms with Gasteiger partial charge in [-0.05, 0) is 31.0 Å². The zero-order valence-electron chi connectivity index (χ0n) is 11.0. The van der Waals surface area contributed by atoms with Crippen molar-refractivity contribution in [2.24, 2.45) is 7.05 Å². The quantitative estimate of drug-likeness (QED) is 0.827. The number of piperazine rings is 1. The first-order chi connectivity index (χ1) is 8.74. The summed E-state index contributed by atoms with van der Waals surface area (Å²) in [7, 11) is 2.07. The average Bonchev–Trinajstić information content (AvgIpc) is 2.66. The number of imidazole rings is 1. The van der Waals surface area contributed by atoms with Crippen LogP contribution in [0.5, 0.6) is 0 Å². The fourth-order valence-electron chi connectivity index (χ4n) is 2.63. The predicted octanol–water partition coefficient (Wildman–Crippen LogP) is 0.986. The molecule has 1 aromatic heterocycles. The number of nitrogens with one attached hydrogen (secondary N) is 2. The van der Waals surface area contributed by atoms with Gasteiger partial charge in [-0.25, -0.2) is 4.98 Å². The molecule has 0 aliphatic carbocycles. The molecule has 0 radical (unpaired) electrons. The number of nitrogens with zero attached hydrogens (tertiary/aromatic N) is 2. The first-order valence-corrected chi connectivity index (χ1v) is 6.60. The first kappa shape index (κ1) is 11.7. The molecule has 0 saturated carbocycles. The van der Waals surface area contributed by atoms with Crippen molar-refractivity contribution in [1.29, 1.82) is 0 Å². The van der Waals surface area contributed by atoms with Gasteiger partial charge in [0.15, 0.2) is 0 Å². The molecule has 96 valence electrons. The lowest BCUT2D eigenvalue weighted by Crippen LogP contribution is -2.49. The summed E-state index contributed by atoms with van der Waals surface area (Å²) in [5.74, 6) is 1.07. The first-order valence-electron chi connectivity index (χ1n) is 6.60. The Balaban J connectivity index is 1.84. The monoisotopic (exact) mass is 244 g/mol. The fourth-order valence-corrected chi connectivity index (χ4v) is 2.63. The summed E-state index contributed by atoms with van der Waals surface area (Å²) in [6, 6.07) is 7.17. The molecule has 1 aliphatic rings. The molecule has 4 nitrogen and oxygen atoms in total. The SMILES string of the molecule is Cc1nc2cc(CC3CNCCN3)ccc2n1C. The lowest BCUT2D eigenvalue weighted by molar-refractivity contribution is 0.417. The Morgan fingerprint density at radius 2 is 2.28 bits per heavy atom. The molecule has 1 aromatic carbocycles. The Morgan fingerprint density at radius 3 is 3.06 bits per heavy atom. The van der Waals surface area contributed by atoms with Crippen molar-refractivity contribution in [1.82, 2.24) is 20.2 Å².